The van der Waals surface area contributed by atoms with E-state index in [9.17, 15) is 18.3 Å². The zero-order chi connectivity index (χ0) is 27.7. The van der Waals surface area contributed by atoms with Gasteiger partial charge in [-0.25, -0.2) is 15.0 Å². The van der Waals surface area contributed by atoms with Gasteiger partial charge in [0.2, 0.25) is 5.89 Å². The Morgan fingerprint density at radius 2 is 1.74 bits per heavy atom. The number of aryl methyl sites for hydroxylation is 1. The largest absolute Gasteiger partial charge is 0.573 e. The van der Waals surface area contributed by atoms with Crippen LogP contribution >= 0.6 is 0 Å². The minimum Gasteiger partial charge on any atom is -0.508 e. The fourth-order valence-corrected chi connectivity index (χ4v) is 4.00. The van der Waals surface area contributed by atoms with Gasteiger partial charge < -0.3 is 23.7 Å². The minimum atomic E-state index is -4.80. The molecule has 39 heavy (non-hydrogen) atoms. The molecular weight excluding hydrogens is 515 g/mol. The molecule has 0 bridgehead atoms. The molecule has 11 heteroatoms. The van der Waals surface area contributed by atoms with E-state index >= 15 is 0 Å². The number of rotatable bonds is 9. The summed E-state index contributed by atoms with van der Waals surface area (Å²) < 4.78 is 59.5. The molecular formula is C28H26F3N3O5. The summed E-state index contributed by atoms with van der Waals surface area (Å²) in [4.78, 5) is 13.1. The topological polar surface area (TPSA) is 99.7 Å². The van der Waals surface area contributed by atoms with Crippen molar-refractivity contribution in [2.45, 2.75) is 58.6 Å². The van der Waals surface area contributed by atoms with Crippen LogP contribution in [0, 0.1) is 6.92 Å². The van der Waals surface area contributed by atoms with Crippen molar-refractivity contribution in [1.29, 1.82) is 0 Å². The number of ether oxygens (including phenoxy) is 3. The summed E-state index contributed by atoms with van der Waals surface area (Å²) in [5.41, 5.74) is 2.99. The molecule has 1 aliphatic carbocycles. The highest BCUT2D eigenvalue weighted by atomic mass is 19.4. The van der Waals surface area contributed by atoms with E-state index in [1.54, 1.807) is 19.1 Å². The molecule has 2 aromatic heterocycles. The molecule has 2 aromatic carbocycles. The lowest BCUT2D eigenvalue weighted by molar-refractivity contribution is -0.274. The van der Waals surface area contributed by atoms with Gasteiger partial charge in [0.05, 0.1) is 6.10 Å². The molecule has 5 rings (SSSR count). The first-order chi connectivity index (χ1) is 18.6. The number of hydrogen-bond acceptors (Lipinski definition) is 8. The number of oxazole rings is 1. The highest BCUT2D eigenvalue weighted by Crippen LogP contribution is 2.46. The van der Waals surface area contributed by atoms with Crippen molar-refractivity contribution in [2.75, 3.05) is 0 Å². The maximum atomic E-state index is 12.6. The summed E-state index contributed by atoms with van der Waals surface area (Å²) in [6.07, 6.45) is 0.210. The molecule has 0 radical (unpaired) electrons. The lowest BCUT2D eigenvalue weighted by atomic mass is 10.1. The summed E-state index contributed by atoms with van der Waals surface area (Å²) >= 11 is 0. The Morgan fingerprint density at radius 3 is 2.36 bits per heavy atom. The van der Waals surface area contributed by atoms with Crippen molar-refractivity contribution >= 4 is 0 Å². The van der Waals surface area contributed by atoms with Crippen LogP contribution in [-0.4, -0.2) is 32.5 Å². The summed E-state index contributed by atoms with van der Waals surface area (Å²) in [6.45, 7) is 5.49. The van der Waals surface area contributed by atoms with Crippen LogP contribution in [0.2, 0.25) is 0 Å². The summed E-state index contributed by atoms with van der Waals surface area (Å²) in [6, 6.07) is 9.01. The number of phenolic OH excluding ortho intramolecular Hbond substituents is 1. The Hall–Kier alpha value is -4.28. The van der Waals surface area contributed by atoms with E-state index in [1.165, 1.54) is 36.7 Å². The first kappa shape index (κ1) is 26.3. The number of aromatic hydroxyl groups is 1. The Bertz CT molecular complexity index is 1450. The summed E-state index contributed by atoms with van der Waals surface area (Å²) in [7, 11) is 0. The van der Waals surface area contributed by atoms with Gasteiger partial charge in [-0.2, -0.15) is 0 Å². The lowest BCUT2D eigenvalue weighted by Crippen LogP contribution is -2.16. The quantitative estimate of drug-likeness (QED) is 0.243. The minimum absolute atomic E-state index is 0.0123. The zero-order valence-corrected chi connectivity index (χ0v) is 21.5. The van der Waals surface area contributed by atoms with E-state index in [4.69, 9.17) is 13.9 Å². The normalized spacial score (nSPS) is 13.5. The first-order valence-electron chi connectivity index (χ1n) is 12.4. The van der Waals surface area contributed by atoms with Gasteiger partial charge in [0.25, 0.3) is 0 Å². The summed E-state index contributed by atoms with van der Waals surface area (Å²) in [5.74, 6) is 1.38. The summed E-state index contributed by atoms with van der Waals surface area (Å²) in [5, 5.41) is 10.1. The molecule has 204 valence electrons. The molecule has 1 N–H and O–H groups in total. The van der Waals surface area contributed by atoms with Gasteiger partial charge in [0.15, 0.2) is 12.4 Å². The maximum Gasteiger partial charge on any atom is 0.573 e. The Balaban J connectivity index is 1.46. The molecule has 0 unspecified atom stereocenters. The third-order valence-corrected chi connectivity index (χ3v) is 5.96. The van der Waals surface area contributed by atoms with Gasteiger partial charge in [-0.15, -0.1) is 13.2 Å². The van der Waals surface area contributed by atoms with Crippen molar-refractivity contribution in [3.8, 4) is 45.8 Å². The van der Waals surface area contributed by atoms with Crippen molar-refractivity contribution in [3.05, 3.63) is 65.8 Å². The van der Waals surface area contributed by atoms with Crippen molar-refractivity contribution in [3.63, 3.8) is 0 Å². The van der Waals surface area contributed by atoms with Crippen molar-refractivity contribution in [1.82, 2.24) is 15.0 Å². The molecule has 0 atom stereocenters. The van der Waals surface area contributed by atoms with Gasteiger partial charge >= 0.3 is 12.4 Å². The Labute approximate surface area is 222 Å². The smallest absolute Gasteiger partial charge is 0.508 e. The second-order valence-corrected chi connectivity index (χ2v) is 9.52. The van der Waals surface area contributed by atoms with E-state index in [0.717, 1.165) is 18.4 Å². The predicted octanol–water partition coefficient (Wildman–Crippen LogP) is 6.95. The molecule has 1 saturated carbocycles. The number of halogens is 3. The molecule has 2 heterocycles. The van der Waals surface area contributed by atoms with Crippen LogP contribution in [0.4, 0.5) is 13.2 Å². The molecule has 0 aliphatic heterocycles. The van der Waals surface area contributed by atoms with Crippen LogP contribution in [0.3, 0.4) is 0 Å². The fraction of sp³-hybridized carbons (Fsp3) is 0.321. The van der Waals surface area contributed by atoms with Crippen molar-refractivity contribution < 1.29 is 36.9 Å². The third kappa shape index (κ3) is 6.42. The molecule has 1 aliphatic rings. The Morgan fingerprint density at radius 1 is 1.05 bits per heavy atom. The number of aromatic nitrogens is 3. The average molecular weight is 542 g/mol. The number of benzene rings is 2. The van der Waals surface area contributed by atoms with Crippen LogP contribution in [0.5, 0.6) is 23.3 Å². The van der Waals surface area contributed by atoms with Gasteiger partial charge in [0, 0.05) is 29.1 Å². The second-order valence-electron chi connectivity index (χ2n) is 9.52. The monoisotopic (exact) mass is 541 g/mol. The van der Waals surface area contributed by atoms with E-state index in [0.29, 0.717) is 39.8 Å². The Kier molecular flexibility index (Phi) is 7.07. The third-order valence-electron chi connectivity index (χ3n) is 5.96. The van der Waals surface area contributed by atoms with Gasteiger partial charge in [-0.1, -0.05) is 0 Å². The number of nitrogens with zero attached hydrogens (tertiary/aromatic N) is 3. The number of hydrogen-bond donors (Lipinski definition) is 1. The predicted molar refractivity (Wildman–Crippen MR) is 135 cm³/mol. The molecule has 1 fully saturated rings. The van der Waals surface area contributed by atoms with Crippen LogP contribution in [0.25, 0.3) is 22.6 Å². The average Bonchev–Trinajstić information content (AvgIpc) is 3.63. The highest BCUT2D eigenvalue weighted by molar-refractivity contribution is 5.76. The van der Waals surface area contributed by atoms with Crippen molar-refractivity contribution in [2.24, 2.45) is 0 Å². The first-order valence-corrected chi connectivity index (χ1v) is 12.4. The van der Waals surface area contributed by atoms with Gasteiger partial charge in [-0.05, 0) is 81.5 Å². The maximum absolute atomic E-state index is 12.6. The standard InChI is InChI=1S/C28H26F3N3O5/c1-15(2)37-27-32-12-19(13-33-27)25-26(18-6-8-20(9-7-18)39-28(29,30)31)38-24(34-25)14-36-23-10-16(3)22(35)11-21(23)17-4-5-17/h6-13,15,17,35H,4-5,14H2,1-3H3. The van der Waals surface area contributed by atoms with Crippen LogP contribution in [0.1, 0.15) is 49.6 Å². The van der Waals surface area contributed by atoms with Gasteiger partial charge in [-0.3, -0.25) is 0 Å². The zero-order valence-electron chi connectivity index (χ0n) is 21.5. The van der Waals surface area contributed by atoms with E-state index in [-0.39, 0.29) is 36.1 Å². The highest BCUT2D eigenvalue weighted by Gasteiger charge is 2.31. The molecule has 0 spiro atoms. The van der Waals surface area contributed by atoms with Crippen LogP contribution in [-0.2, 0) is 6.61 Å². The van der Waals surface area contributed by atoms with Gasteiger partial charge in [0.1, 0.15) is 22.9 Å². The van der Waals surface area contributed by atoms with E-state index in [2.05, 4.69) is 19.7 Å². The van der Waals surface area contributed by atoms with E-state index < -0.39 is 6.36 Å². The van der Waals surface area contributed by atoms with Crippen LogP contribution in [0.15, 0.2) is 53.2 Å². The molecule has 0 amide bonds. The number of phenols is 1. The van der Waals surface area contributed by atoms with Crippen LogP contribution < -0.4 is 14.2 Å². The SMILES string of the molecule is Cc1cc(OCc2nc(-c3cnc(OC(C)C)nc3)c(-c3ccc(OC(F)(F)F)cc3)o2)c(C2CC2)cc1O. The fourth-order valence-electron chi connectivity index (χ4n) is 4.00. The molecule has 8 nitrogen and oxygen atoms in total. The number of alkyl halides is 3. The van der Waals surface area contributed by atoms with E-state index in [1.807, 2.05) is 13.8 Å². The second kappa shape index (κ2) is 10.5. The molecule has 0 saturated heterocycles. The molecule has 4 aromatic rings. The lowest BCUT2D eigenvalue weighted by Gasteiger charge is -2.12.